The van der Waals surface area contributed by atoms with Crippen LogP contribution in [0.25, 0.3) is 110 Å². The van der Waals surface area contributed by atoms with Crippen molar-refractivity contribution in [2.75, 3.05) is 0 Å². The van der Waals surface area contributed by atoms with Crippen LogP contribution in [-0.2, 0) is 0 Å². The third-order valence-electron chi connectivity index (χ3n) is 10.7. The van der Waals surface area contributed by atoms with E-state index in [1.165, 1.54) is 43.1 Å². The van der Waals surface area contributed by atoms with Crippen molar-refractivity contribution < 1.29 is 4.42 Å². The van der Waals surface area contributed by atoms with E-state index in [9.17, 15) is 0 Å². The third-order valence-corrected chi connectivity index (χ3v) is 10.7. The lowest BCUT2D eigenvalue weighted by atomic mass is 9.92. The molecule has 9 aromatic carbocycles. The van der Waals surface area contributed by atoms with Crippen LogP contribution in [0.1, 0.15) is 0 Å². The second-order valence-corrected chi connectivity index (χ2v) is 13.7. The van der Waals surface area contributed by atoms with Crippen molar-refractivity contribution in [3.8, 4) is 45.0 Å². The SMILES string of the molecule is c1ccc(-c2cc(-c3ccc4ccccc4c3)nc(-c3cccc4oc5ccc(-c6ccc7c8ccccc8c8ccccc8c7c6)cc5c34)n2)cc1. The third kappa shape index (κ3) is 4.82. The molecule has 3 heteroatoms. The summed E-state index contributed by atoms with van der Waals surface area (Å²) in [6.45, 7) is 0. The molecule has 0 radical (unpaired) electrons. The quantitative estimate of drug-likeness (QED) is 0.174. The van der Waals surface area contributed by atoms with Gasteiger partial charge < -0.3 is 4.42 Å². The maximum Gasteiger partial charge on any atom is 0.161 e. The Bertz CT molecular complexity index is 3200. The first-order valence-electron chi connectivity index (χ1n) is 18.0. The average Bonchev–Trinajstić information content (AvgIpc) is 3.62. The maximum absolute atomic E-state index is 6.50. The Morgan fingerprint density at radius 1 is 0.321 bits per heavy atom. The molecule has 11 rings (SSSR count). The van der Waals surface area contributed by atoms with Crippen LogP contribution in [0.4, 0.5) is 0 Å². The summed E-state index contributed by atoms with van der Waals surface area (Å²) in [5.41, 5.74) is 8.72. The Morgan fingerprint density at radius 2 is 0.906 bits per heavy atom. The maximum atomic E-state index is 6.50. The van der Waals surface area contributed by atoms with E-state index in [1.807, 2.05) is 18.2 Å². The Morgan fingerprint density at radius 3 is 1.66 bits per heavy atom. The van der Waals surface area contributed by atoms with Gasteiger partial charge in [0.2, 0.25) is 0 Å². The summed E-state index contributed by atoms with van der Waals surface area (Å²) in [6.07, 6.45) is 0. The van der Waals surface area contributed by atoms with Gasteiger partial charge >= 0.3 is 0 Å². The van der Waals surface area contributed by atoms with Gasteiger partial charge in [0.25, 0.3) is 0 Å². The number of hydrogen-bond acceptors (Lipinski definition) is 3. The lowest BCUT2D eigenvalue weighted by Crippen LogP contribution is -1.96. The molecule has 0 aliphatic carbocycles. The first-order chi connectivity index (χ1) is 26.2. The van der Waals surface area contributed by atoms with Crippen molar-refractivity contribution in [1.29, 1.82) is 0 Å². The molecule has 0 bridgehead atoms. The van der Waals surface area contributed by atoms with E-state index < -0.39 is 0 Å². The highest BCUT2D eigenvalue weighted by molar-refractivity contribution is 6.26. The van der Waals surface area contributed by atoms with Crippen LogP contribution in [0.15, 0.2) is 186 Å². The molecule has 0 atom stereocenters. The lowest BCUT2D eigenvalue weighted by molar-refractivity contribution is 0.669. The normalized spacial score (nSPS) is 11.8. The molecule has 0 fully saturated rings. The number of benzene rings is 9. The van der Waals surface area contributed by atoms with Crippen molar-refractivity contribution >= 4 is 65.0 Å². The largest absolute Gasteiger partial charge is 0.456 e. The highest BCUT2D eigenvalue weighted by atomic mass is 16.3. The van der Waals surface area contributed by atoms with Crippen LogP contribution in [0, 0.1) is 0 Å². The van der Waals surface area contributed by atoms with Crippen LogP contribution in [0.5, 0.6) is 0 Å². The van der Waals surface area contributed by atoms with Gasteiger partial charge in [0, 0.05) is 27.5 Å². The smallest absolute Gasteiger partial charge is 0.161 e. The zero-order valence-electron chi connectivity index (χ0n) is 28.6. The molecule has 11 aromatic rings. The van der Waals surface area contributed by atoms with Gasteiger partial charge in [0.15, 0.2) is 5.82 Å². The monoisotopic (exact) mass is 674 g/mol. The molecule has 0 aliphatic rings. The van der Waals surface area contributed by atoms with Crippen LogP contribution in [-0.4, -0.2) is 9.97 Å². The predicted molar refractivity (Wildman–Crippen MR) is 221 cm³/mol. The molecule has 0 N–H and O–H groups in total. The van der Waals surface area contributed by atoms with Gasteiger partial charge in [0.1, 0.15) is 11.2 Å². The highest BCUT2D eigenvalue weighted by Crippen LogP contribution is 2.41. The number of aromatic nitrogens is 2. The van der Waals surface area contributed by atoms with Crippen LogP contribution in [0.3, 0.4) is 0 Å². The van der Waals surface area contributed by atoms with E-state index in [0.29, 0.717) is 5.82 Å². The van der Waals surface area contributed by atoms with Gasteiger partial charge in [-0.3, -0.25) is 0 Å². The van der Waals surface area contributed by atoms with Gasteiger partial charge in [-0.25, -0.2) is 9.97 Å². The fourth-order valence-corrected chi connectivity index (χ4v) is 8.10. The van der Waals surface area contributed by atoms with E-state index in [0.717, 1.165) is 61.1 Å². The molecule has 3 nitrogen and oxygen atoms in total. The first-order valence-corrected chi connectivity index (χ1v) is 18.0. The second kappa shape index (κ2) is 11.7. The van der Waals surface area contributed by atoms with Crippen molar-refractivity contribution in [3.05, 3.63) is 182 Å². The Balaban J connectivity index is 1.11. The average molecular weight is 675 g/mol. The molecule has 0 aliphatic heterocycles. The van der Waals surface area contributed by atoms with E-state index >= 15 is 0 Å². The van der Waals surface area contributed by atoms with Crippen molar-refractivity contribution in [3.63, 3.8) is 0 Å². The van der Waals surface area contributed by atoms with Crippen LogP contribution < -0.4 is 0 Å². The number of nitrogens with zero attached hydrogens (tertiary/aromatic N) is 2. The molecular weight excluding hydrogens is 645 g/mol. The zero-order chi connectivity index (χ0) is 34.9. The highest BCUT2D eigenvalue weighted by Gasteiger charge is 2.18. The molecule has 2 heterocycles. The van der Waals surface area contributed by atoms with E-state index in [2.05, 4.69) is 164 Å². The molecule has 0 saturated carbocycles. The summed E-state index contributed by atoms with van der Waals surface area (Å²) in [6, 6.07) is 64.4. The molecule has 246 valence electrons. The van der Waals surface area contributed by atoms with Gasteiger partial charge in [0.05, 0.1) is 11.4 Å². The molecule has 0 spiro atoms. The number of fused-ring (bicyclic) bond motifs is 10. The topological polar surface area (TPSA) is 38.9 Å². The summed E-state index contributed by atoms with van der Waals surface area (Å²) in [5.74, 6) is 0.664. The number of furan rings is 1. The minimum Gasteiger partial charge on any atom is -0.456 e. The fourth-order valence-electron chi connectivity index (χ4n) is 8.10. The Hall–Kier alpha value is -7.10. The van der Waals surface area contributed by atoms with Crippen LogP contribution >= 0.6 is 0 Å². The van der Waals surface area contributed by atoms with Crippen molar-refractivity contribution in [2.45, 2.75) is 0 Å². The first kappa shape index (κ1) is 29.6. The van der Waals surface area contributed by atoms with Gasteiger partial charge in [-0.05, 0) is 90.6 Å². The van der Waals surface area contributed by atoms with Crippen molar-refractivity contribution in [1.82, 2.24) is 9.97 Å². The summed E-state index contributed by atoms with van der Waals surface area (Å²) in [4.78, 5) is 10.5. The Kier molecular flexibility index (Phi) is 6.55. The molecule has 0 saturated heterocycles. The lowest BCUT2D eigenvalue weighted by Gasteiger charge is -2.12. The van der Waals surface area contributed by atoms with Crippen LogP contribution in [0.2, 0.25) is 0 Å². The molecular formula is C50H30N2O. The van der Waals surface area contributed by atoms with Crippen molar-refractivity contribution in [2.24, 2.45) is 0 Å². The molecule has 0 unspecified atom stereocenters. The predicted octanol–water partition coefficient (Wildman–Crippen LogP) is 13.7. The van der Waals surface area contributed by atoms with E-state index in [-0.39, 0.29) is 0 Å². The summed E-state index contributed by atoms with van der Waals surface area (Å²) in [5, 5.41) is 12.0. The fraction of sp³-hybridized carbons (Fsp3) is 0. The second-order valence-electron chi connectivity index (χ2n) is 13.7. The number of hydrogen-bond donors (Lipinski definition) is 0. The minimum absolute atomic E-state index is 0.664. The molecule has 0 amide bonds. The molecule has 53 heavy (non-hydrogen) atoms. The Labute approximate surface area is 305 Å². The van der Waals surface area contributed by atoms with Gasteiger partial charge in [-0.2, -0.15) is 0 Å². The van der Waals surface area contributed by atoms with E-state index in [4.69, 9.17) is 14.4 Å². The van der Waals surface area contributed by atoms with Gasteiger partial charge in [-0.15, -0.1) is 0 Å². The zero-order valence-corrected chi connectivity index (χ0v) is 28.6. The summed E-state index contributed by atoms with van der Waals surface area (Å²) < 4.78 is 6.50. The molecule has 2 aromatic heterocycles. The van der Waals surface area contributed by atoms with E-state index in [1.54, 1.807) is 0 Å². The standard InChI is InChI=1S/C50H30N2O/c1-2-12-32(13-3-1)45-30-46(36-22-21-31-11-4-5-14-33(31)27-36)52-50(51-45)42-19-10-20-48-49(42)44-29-35(24-26-47(44)53-48)34-23-25-41-39-17-7-6-15-37(39)38-16-8-9-18-40(38)43(41)28-34/h1-30H. The summed E-state index contributed by atoms with van der Waals surface area (Å²) in [7, 11) is 0. The minimum atomic E-state index is 0.664. The number of rotatable bonds is 4. The van der Waals surface area contributed by atoms with Gasteiger partial charge in [-0.1, -0.05) is 146 Å². The summed E-state index contributed by atoms with van der Waals surface area (Å²) >= 11 is 0.